The summed E-state index contributed by atoms with van der Waals surface area (Å²) in [5, 5.41) is 0. The minimum Gasteiger partial charge on any atom is -0.237 e. The molecule has 6 rings (SSSR count). The van der Waals surface area contributed by atoms with E-state index in [-0.39, 0.29) is 0 Å². The van der Waals surface area contributed by atoms with E-state index in [1.54, 1.807) is 0 Å². The van der Waals surface area contributed by atoms with E-state index in [1.165, 1.54) is 38.9 Å². The first kappa shape index (κ1) is 23.6. The van der Waals surface area contributed by atoms with Crippen molar-refractivity contribution in [3.8, 4) is 56.0 Å². The highest BCUT2D eigenvalue weighted by Gasteiger charge is 2.09. The largest absolute Gasteiger partial charge is 0.237 e. The van der Waals surface area contributed by atoms with E-state index >= 15 is 0 Å². The quantitative estimate of drug-likeness (QED) is 0.241. The Kier molecular flexibility index (Phi) is 6.37. The summed E-state index contributed by atoms with van der Waals surface area (Å²) in [4.78, 5) is 9.58. The van der Waals surface area contributed by atoms with Crippen LogP contribution in [0.3, 0.4) is 0 Å². The SMILES string of the molecule is Cc1ccc(-c2cccc(-c3cccc(-c4nccc(-c5cccc(-c6ccc(C)cc6)c5)n4)c3)c2)cc1. The van der Waals surface area contributed by atoms with Gasteiger partial charge >= 0.3 is 0 Å². The van der Waals surface area contributed by atoms with Crippen LogP contribution in [0.1, 0.15) is 11.1 Å². The van der Waals surface area contributed by atoms with E-state index in [9.17, 15) is 0 Å². The molecule has 2 nitrogen and oxygen atoms in total. The first-order valence-electron chi connectivity index (χ1n) is 12.9. The third-order valence-corrected chi connectivity index (χ3v) is 6.90. The molecule has 0 aliphatic rings. The molecule has 0 saturated carbocycles. The highest BCUT2D eigenvalue weighted by molar-refractivity contribution is 5.77. The summed E-state index contributed by atoms with van der Waals surface area (Å²) in [7, 11) is 0. The topological polar surface area (TPSA) is 25.8 Å². The van der Waals surface area contributed by atoms with Gasteiger partial charge in [-0.15, -0.1) is 0 Å². The van der Waals surface area contributed by atoms with Gasteiger partial charge in [-0.2, -0.15) is 0 Å². The molecule has 0 atom stereocenters. The molecule has 0 fully saturated rings. The van der Waals surface area contributed by atoms with Gasteiger partial charge in [0.05, 0.1) is 5.69 Å². The molecule has 0 radical (unpaired) electrons. The van der Waals surface area contributed by atoms with Crippen molar-refractivity contribution in [1.82, 2.24) is 9.97 Å². The molecule has 0 aliphatic heterocycles. The number of hydrogen-bond acceptors (Lipinski definition) is 2. The fourth-order valence-corrected chi connectivity index (χ4v) is 4.72. The van der Waals surface area contributed by atoms with Crippen molar-refractivity contribution in [3.63, 3.8) is 0 Å². The van der Waals surface area contributed by atoms with Gasteiger partial charge < -0.3 is 0 Å². The van der Waals surface area contributed by atoms with Gasteiger partial charge in [-0.3, -0.25) is 0 Å². The number of nitrogens with zero attached hydrogens (tertiary/aromatic N) is 2. The van der Waals surface area contributed by atoms with Gasteiger partial charge in [0, 0.05) is 17.3 Å². The summed E-state index contributed by atoms with van der Waals surface area (Å²) < 4.78 is 0. The number of hydrogen-bond donors (Lipinski definition) is 0. The number of aromatic nitrogens is 2. The molecule has 0 saturated heterocycles. The Bertz CT molecular complexity index is 1580. The summed E-state index contributed by atoms with van der Waals surface area (Å²) in [6, 6.07) is 45.0. The summed E-state index contributed by atoms with van der Waals surface area (Å²) in [5.74, 6) is 0.722. The molecule has 0 bridgehead atoms. The van der Waals surface area contributed by atoms with E-state index < -0.39 is 0 Å². The predicted octanol–water partition coefficient (Wildman–Crippen LogP) is 9.43. The molecule has 0 N–H and O–H groups in total. The zero-order chi connectivity index (χ0) is 25.9. The second kappa shape index (κ2) is 10.3. The molecule has 6 aromatic rings. The van der Waals surface area contributed by atoms with Crippen LogP contribution in [0.4, 0.5) is 0 Å². The average molecular weight is 489 g/mol. The minimum absolute atomic E-state index is 0.722. The molecular weight excluding hydrogens is 460 g/mol. The molecule has 182 valence electrons. The van der Waals surface area contributed by atoms with Crippen molar-refractivity contribution in [3.05, 3.63) is 145 Å². The van der Waals surface area contributed by atoms with Crippen LogP contribution in [0.25, 0.3) is 56.0 Å². The molecule has 0 aliphatic carbocycles. The normalized spacial score (nSPS) is 10.9. The Morgan fingerprint density at radius 2 is 0.816 bits per heavy atom. The second-order valence-electron chi connectivity index (χ2n) is 9.74. The van der Waals surface area contributed by atoms with Crippen molar-refractivity contribution < 1.29 is 0 Å². The Balaban J connectivity index is 1.32. The number of aryl methyl sites for hydroxylation is 2. The molecule has 0 spiro atoms. The molecule has 0 amide bonds. The average Bonchev–Trinajstić information content (AvgIpc) is 2.98. The summed E-state index contributed by atoms with van der Waals surface area (Å²) in [5.41, 5.74) is 12.6. The summed E-state index contributed by atoms with van der Waals surface area (Å²) in [6.07, 6.45) is 1.85. The summed E-state index contributed by atoms with van der Waals surface area (Å²) >= 11 is 0. The van der Waals surface area contributed by atoms with Crippen LogP contribution in [0.5, 0.6) is 0 Å². The van der Waals surface area contributed by atoms with Crippen molar-refractivity contribution in [2.75, 3.05) is 0 Å². The first-order chi connectivity index (χ1) is 18.6. The van der Waals surface area contributed by atoms with Crippen molar-refractivity contribution in [2.45, 2.75) is 13.8 Å². The lowest BCUT2D eigenvalue weighted by atomic mass is 9.97. The van der Waals surface area contributed by atoms with Crippen molar-refractivity contribution >= 4 is 0 Å². The van der Waals surface area contributed by atoms with Crippen molar-refractivity contribution in [2.24, 2.45) is 0 Å². The smallest absolute Gasteiger partial charge is 0.159 e. The molecule has 5 aromatic carbocycles. The van der Waals surface area contributed by atoms with E-state index in [0.29, 0.717) is 0 Å². The van der Waals surface area contributed by atoms with Gasteiger partial charge in [0.25, 0.3) is 0 Å². The molecule has 38 heavy (non-hydrogen) atoms. The molecule has 1 heterocycles. The van der Waals surface area contributed by atoms with Crippen LogP contribution in [0.2, 0.25) is 0 Å². The van der Waals surface area contributed by atoms with Gasteiger partial charge in [0.2, 0.25) is 0 Å². The van der Waals surface area contributed by atoms with E-state index in [0.717, 1.165) is 28.2 Å². The van der Waals surface area contributed by atoms with Crippen LogP contribution in [0.15, 0.2) is 134 Å². The van der Waals surface area contributed by atoms with E-state index in [1.807, 2.05) is 12.3 Å². The monoisotopic (exact) mass is 488 g/mol. The lowest BCUT2D eigenvalue weighted by Crippen LogP contribution is -1.92. The lowest BCUT2D eigenvalue weighted by Gasteiger charge is -2.09. The van der Waals surface area contributed by atoms with Crippen LogP contribution in [-0.2, 0) is 0 Å². The molecule has 2 heteroatoms. The Labute approximate surface area is 224 Å². The Hall–Kier alpha value is -4.82. The van der Waals surface area contributed by atoms with Crippen LogP contribution >= 0.6 is 0 Å². The van der Waals surface area contributed by atoms with Crippen LogP contribution < -0.4 is 0 Å². The van der Waals surface area contributed by atoms with Gasteiger partial charge in [-0.25, -0.2) is 9.97 Å². The van der Waals surface area contributed by atoms with Gasteiger partial charge in [-0.1, -0.05) is 114 Å². The van der Waals surface area contributed by atoms with E-state index in [4.69, 9.17) is 4.98 Å². The summed E-state index contributed by atoms with van der Waals surface area (Å²) in [6.45, 7) is 4.22. The molecule has 0 unspecified atom stereocenters. The maximum absolute atomic E-state index is 4.96. The fraction of sp³-hybridized carbons (Fsp3) is 0.0556. The predicted molar refractivity (Wildman–Crippen MR) is 159 cm³/mol. The lowest BCUT2D eigenvalue weighted by molar-refractivity contribution is 1.18. The zero-order valence-corrected chi connectivity index (χ0v) is 21.6. The minimum atomic E-state index is 0.722. The number of rotatable bonds is 5. The van der Waals surface area contributed by atoms with E-state index in [2.05, 4.69) is 140 Å². The zero-order valence-electron chi connectivity index (χ0n) is 21.6. The molecular formula is C36H28N2. The van der Waals surface area contributed by atoms with Gasteiger partial charge in [0.15, 0.2) is 5.82 Å². The highest BCUT2D eigenvalue weighted by atomic mass is 14.9. The fourth-order valence-electron chi connectivity index (χ4n) is 4.72. The maximum Gasteiger partial charge on any atom is 0.159 e. The first-order valence-corrected chi connectivity index (χ1v) is 12.9. The standard InChI is InChI=1S/C36H28N2/c1-25-12-16-27(17-13-25)29-6-3-8-31(22-29)32-9-5-11-34(24-32)36-37-21-20-35(38-36)33-10-4-7-30(23-33)28-18-14-26(2)15-19-28/h3-24H,1-2H3. The van der Waals surface area contributed by atoms with Crippen molar-refractivity contribution in [1.29, 1.82) is 0 Å². The Morgan fingerprint density at radius 3 is 1.37 bits per heavy atom. The third-order valence-electron chi connectivity index (χ3n) is 6.90. The molecule has 1 aromatic heterocycles. The highest BCUT2D eigenvalue weighted by Crippen LogP contribution is 2.30. The third kappa shape index (κ3) is 5.02. The van der Waals surface area contributed by atoms with Gasteiger partial charge in [-0.05, 0) is 71.5 Å². The van der Waals surface area contributed by atoms with Crippen LogP contribution in [0, 0.1) is 13.8 Å². The van der Waals surface area contributed by atoms with Gasteiger partial charge in [0.1, 0.15) is 0 Å². The maximum atomic E-state index is 4.96. The second-order valence-corrected chi connectivity index (χ2v) is 9.74. The Morgan fingerprint density at radius 1 is 0.395 bits per heavy atom. The number of benzene rings is 5. The van der Waals surface area contributed by atoms with Crippen LogP contribution in [-0.4, -0.2) is 9.97 Å².